The lowest BCUT2D eigenvalue weighted by Gasteiger charge is -2.14. The fourth-order valence-electron chi connectivity index (χ4n) is 3.22. The molecule has 182 valence electrons. The van der Waals surface area contributed by atoms with Crippen LogP contribution in [0.5, 0.6) is 11.5 Å². The Kier molecular flexibility index (Phi) is 6.35. The van der Waals surface area contributed by atoms with Crippen LogP contribution in [0.25, 0.3) is 11.1 Å². The summed E-state index contributed by atoms with van der Waals surface area (Å²) in [5.74, 6) is -4.35. The van der Waals surface area contributed by atoms with E-state index >= 15 is 0 Å². The number of aromatic nitrogens is 4. The van der Waals surface area contributed by atoms with Gasteiger partial charge in [-0.05, 0) is 35.9 Å². The third-order valence-electron chi connectivity index (χ3n) is 4.85. The Hall–Kier alpha value is -4.86. The summed E-state index contributed by atoms with van der Waals surface area (Å²) in [5, 5.41) is 14.8. The number of hydrogen-bond acceptors (Lipinski definition) is 6. The largest absolute Gasteiger partial charge is 0.446 e. The highest BCUT2D eigenvalue weighted by molar-refractivity contribution is 5.62. The molecule has 36 heavy (non-hydrogen) atoms. The smallest absolute Gasteiger partial charge is 0.437 e. The summed E-state index contributed by atoms with van der Waals surface area (Å²) in [6.07, 6.45) is -5.61. The van der Waals surface area contributed by atoms with E-state index in [1.807, 2.05) is 0 Å². The molecule has 4 rings (SSSR count). The molecule has 0 fully saturated rings. The number of alkyl halides is 3. The van der Waals surface area contributed by atoms with Gasteiger partial charge in [0.05, 0.1) is 16.8 Å². The monoisotopic (exact) mass is 501 g/mol. The van der Waals surface area contributed by atoms with Crippen molar-refractivity contribution in [1.82, 2.24) is 20.2 Å². The molecule has 0 saturated heterocycles. The van der Waals surface area contributed by atoms with Crippen LogP contribution in [0.1, 0.15) is 22.8 Å². The van der Waals surface area contributed by atoms with E-state index in [-0.39, 0.29) is 11.3 Å². The minimum absolute atomic E-state index is 0.0339. The van der Waals surface area contributed by atoms with Crippen LogP contribution in [0.15, 0.2) is 58.1 Å². The number of halogens is 5. The zero-order valence-electron chi connectivity index (χ0n) is 17.8. The molecular formula is C23H12F5N5O3. The number of nitrogens with one attached hydrogen (secondary N) is 2. The van der Waals surface area contributed by atoms with Crippen LogP contribution < -0.4 is 15.9 Å². The van der Waals surface area contributed by atoms with E-state index in [4.69, 9.17) is 10.00 Å². The number of aromatic amines is 2. The van der Waals surface area contributed by atoms with Crippen LogP contribution in [0, 0.1) is 23.0 Å². The van der Waals surface area contributed by atoms with Crippen molar-refractivity contribution in [3.8, 4) is 28.7 Å². The van der Waals surface area contributed by atoms with Crippen molar-refractivity contribution in [2.24, 2.45) is 0 Å². The molecule has 0 aliphatic carbocycles. The van der Waals surface area contributed by atoms with E-state index in [1.54, 1.807) is 0 Å². The van der Waals surface area contributed by atoms with Crippen LogP contribution >= 0.6 is 0 Å². The van der Waals surface area contributed by atoms with Crippen molar-refractivity contribution in [1.29, 1.82) is 5.26 Å². The molecule has 0 saturated carbocycles. The van der Waals surface area contributed by atoms with E-state index < -0.39 is 63.9 Å². The Morgan fingerprint density at radius 2 is 1.75 bits per heavy atom. The van der Waals surface area contributed by atoms with Gasteiger partial charge < -0.3 is 9.72 Å². The van der Waals surface area contributed by atoms with Crippen LogP contribution in [-0.4, -0.2) is 20.2 Å². The number of H-pyrrole nitrogens is 2. The number of ether oxygens (including phenoxy) is 1. The molecule has 0 bridgehead atoms. The quantitative estimate of drug-likeness (QED) is 0.397. The average molecular weight is 501 g/mol. The van der Waals surface area contributed by atoms with Crippen molar-refractivity contribution in [2.45, 2.75) is 12.6 Å². The summed E-state index contributed by atoms with van der Waals surface area (Å²) in [6.45, 7) is 0. The van der Waals surface area contributed by atoms with Crippen molar-refractivity contribution in [2.75, 3.05) is 0 Å². The van der Waals surface area contributed by atoms with E-state index in [1.165, 1.54) is 30.3 Å². The molecule has 13 heteroatoms. The van der Waals surface area contributed by atoms with E-state index in [0.29, 0.717) is 5.56 Å². The molecule has 0 unspecified atom stereocenters. The standard InChI is InChI=1S/C23H12F5N5O3/c24-13-6-4-11(5-7-13)15-8-14(32-33-21(15)34)9-17-30-20(23(26,27)28)19(22(35)31-17)36-16-3-1-2-12(10-29)18(16)25/h1-8H,9H2,(H,33,34)(H,30,31,35). The van der Waals surface area contributed by atoms with Gasteiger partial charge in [-0.2, -0.15) is 23.5 Å². The topological polar surface area (TPSA) is 125 Å². The predicted molar refractivity (Wildman–Crippen MR) is 114 cm³/mol. The summed E-state index contributed by atoms with van der Waals surface area (Å²) in [7, 11) is 0. The zero-order valence-corrected chi connectivity index (χ0v) is 17.8. The number of hydrogen-bond donors (Lipinski definition) is 2. The SMILES string of the molecule is N#Cc1cccc(Oc2c(C(F)(F)F)nc(Cc3cc(-c4ccc(F)cc4)c(=O)[nH]n3)[nH]c2=O)c1F. The highest BCUT2D eigenvalue weighted by Crippen LogP contribution is 2.35. The molecule has 0 spiro atoms. The van der Waals surface area contributed by atoms with Gasteiger partial charge in [-0.1, -0.05) is 18.2 Å². The molecule has 2 heterocycles. The highest BCUT2D eigenvalue weighted by atomic mass is 19.4. The number of rotatable bonds is 5. The minimum atomic E-state index is -5.17. The molecule has 0 aliphatic rings. The van der Waals surface area contributed by atoms with Gasteiger partial charge in [-0.15, -0.1) is 0 Å². The van der Waals surface area contributed by atoms with Crippen LogP contribution in [0.2, 0.25) is 0 Å². The van der Waals surface area contributed by atoms with Crippen LogP contribution in [0.4, 0.5) is 22.0 Å². The van der Waals surface area contributed by atoms with Gasteiger partial charge in [0, 0.05) is 6.42 Å². The van der Waals surface area contributed by atoms with E-state index in [2.05, 4.69) is 20.2 Å². The van der Waals surface area contributed by atoms with Gasteiger partial charge in [0.15, 0.2) is 17.3 Å². The first-order valence-corrected chi connectivity index (χ1v) is 9.98. The lowest BCUT2D eigenvalue weighted by molar-refractivity contribution is -0.142. The molecule has 8 nitrogen and oxygen atoms in total. The van der Waals surface area contributed by atoms with Crippen LogP contribution in [0.3, 0.4) is 0 Å². The van der Waals surface area contributed by atoms with E-state index in [0.717, 1.165) is 24.3 Å². The summed E-state index contributed by atoms with van der Waals surface area (Å²) < 4.78 is 73.6. The third kappa shape index (κ3) is 4.97. The Bertz CT molecular complexity index is 1610. The average Bonchev–Trinajstić information content (AvgIpc) is 2.83. The first-order valence-electron chi connectivity index (χ1n) is 9.98. The summed E-state index contributed by atoms with van der Waals surface area (Å²) >= 11 is 0. The Morgan fingerprint density at radius 1 is 1.03 bits per heavy atom. The van der Waals surface area contributed by atoms with Gasteiger partial charge in [0.2, 0.25) is 5.75 Å². The van der Waals surface area contributed by atoms with Gasteiger partial charge >= 0.3 is 6.18 Å². The summed E-state index contributed by atoms with van der Waals surface area (Å²) in [4.78, 5) is 30.2. The lowest BCUT2D eigenvalue weighted by Crippen LogP contribution is -2.23. The molecule has 2 aromatic carbocycles. The maximum atomic E-state index is 14.3. The minimum Gasteiger partial charge on any atom is -0.446 e. The molecule has 4 aromatic rings. The number of benzene rings is 2. The van der Waals surface area contributed by atoms with Crippen molar-refractivity contribution in [3.63, 3.8) is 0 Å². The summed E-state index contributed by atoms with van der Waals surface area (Å²) in [6, 6.07) is 10.9. The molecule has 0 radical (unpaired) electrons. The number of nitrogens with zero attached hydrogens (tertiary/aromatic N) is 3. The van der Waals surface area contributed by atoms with Gasteiger partial charge in [0.1, 0.15) is 17.7 Å². The molecular weight excluding hydrogens is 489 g/mol. The first-order chi connectivity index (χ1) is 17.1. The second-order valence-electron chi connectivity index (χ2n) is 7.31. The Morgan fingerprint density at radius 3 is 2.42 bits per heavy atom. The second-order valence-corrected chi connectivity index (χ2v) is 7.31. The highest BCUT2D eigenvalue weighted by Gasteiger charge is 2.39. The van der Waals surface area contributed by atoms with Crippen molar-refractivity contribution >= 4 is 0 Å². The predicted octanol–water partition coefficient (Wildman–Crippen LogP) is 4.07. The molecule has 2 N–H and O–H groups in total. The summed E-state index contributed by atoms with van der Waals surface area (Å²) in [5.41, 5.74) is -3.80. The van der Waals surface area contributed by atoms with Gasteiger partial charge in [-0.3, -0.25) is 9.59 Å². The van der Waals surface area contributed by atoms with E-state index in [9.17, 15) is 31.5 Å². The molecule has 0 amide bonds. The fraction of sp³-hybridized carbons (Fsp3) is 0.0870. The third-order valence-corrected chi connectivity index (χ3v) is 4.85. The zero-order chi connectivity index (χ0) is 26.0. The number of nitriles is 1. The molecule has 2 aromatic heterocycles. The maximum Gasteiger partial charge on any atom is 0.437 e. The second kappa shape index (κ2) is 9.41. The van der Waals surface area contributed by atoms with Crippen LogP contribution in [-0.2, 0) is 12.6 Å². The Labute approximate surface area is 197 Å². The van der Waals surface area contributed by atoms with Gasteiger partial charge in [0.25, 0.3) is 11.1 Å². The van der Waals surface area contributed by atoms with Crippen molar-refractivity contribution < 1.29 is 26.7 Å². The van der Waals surface area contributed by atoms with Crippen molar-refractivity contribution in [3.05, 3.63) is 104 Å². The lowest BCUT2D eigenvalue weighted by atomic mass is 10.1. The first kappa shape index (κ1) is 24.3. The maximum absolute atomic E-state index is 14.3. The molecule has 0 aliphatic heterocycles. The molecule has 0 atom stereocenters. The normalized spacial score (nSPS) is 11.2. The van der Waals surface area contributed by atoms with Gasteiger partial charge in [-0.25, -0.2) is 18.9 Å². The Balaban J connectivity index is 1.73. The fourth-order valence-corrected chi connectivity index (χ4v) is 3.22.